The fourth-order valence-corrected chi connectivity index (χ4v) is 3.13. The molecule has 126 valence electrons. The van der Waals surface area contributed by atoms with Gasteiger partial charge in [-0.3, -0.25) is 9.20 Å². The average molecular weight is 323 g/mol. The maximum Gasteiger partial charge on any atom is 0.262 e. The Morgan fingerprint density at radius 3 is 2.38 bits per heavy atom. The minimum Gasteiger partial charge on any atom is -0.323 e. The molecule has 4 heteroatoms. The van der Waals surface area contributed by atoms with E-state index in [9.17, 15) is 4.79 Å². The zero-order valence-electron chi connectivity index (χ0n) is 15.1. The van der Waals surface area contributed by atoms with Gasteiger partial charge in [-0.05, 0) is 36.3 Å². The Morgan fingerprint density at radius 1 is 1.12 bits per heavy atom. The summed E-state index contributed by atoms with van der Waals surface area (Å²) in [7, 11) is 0. The first kappa shape index (κ1) is 16.5. The van der Waals surface area contributed by atoms with Crippen molar-refractivity contribution < 1.29 is 0 Å². The van der Waals surface area contributed by atoms with E-state index >= 15 is 0 Å². The van der Waals surface area contributed by atoms with Crippen LogP contribution in [0.15, 0.2) is 35.3 Å². The summed E-state index contributed by atoms with van der Waals surface area (Å²) in [6.45, 7) is 10.4. The summed E-state index contributed by atoms with van der Waals surface area (Å²) in [5.74, 6) is 1.48. The molecule has 0 atom stereocenters. The summed E-state index contributed by atoms with van der Waals surface area (Å²) >= 11 is 0. The third kappa shape index (κ3) is 3.01. The lowest BCUT2D eigenvalue weighted by Gasteiger charge is -2.07. The van der Waals surface area contributed by atoms with Crippen LogP contribution in [0.3, 0.4) is 0 Å². The summed E-state index contributed by atoms with van der Waals surface area (Å²) in [6, 6.07) is 8.51. The van der Waals surface area contributed by atoms with Gasteiger partial charge in [-0.1, -0.05) is 52.0 Å². The van der Waals surface area contributed by atoms with Crippen molar-refractivity contribution in [1.29, 1.82) is 0 Å². The third-order valence-electron chi connectivity index (χ3n) is 4.34. The number of benzene rings is 1. The second-order valence-corrected chi connectivity index (χ2v) is 7.24. The summed E-state index contributed by atoms with van der Waals surface area (Å²) in [6.07, 6.45) is 2.92. The predicted octanol–water partition coefficient (Wildman–Crippen LogP) is 4.32. The zero-order valence-corrected chi connectivity index (χ0v) is 15.1. The quantitative estimate of drug-likeness (QED) is 0.777. The van der Waals surface area contributed by atoms with Crippen LogP contribution >= 0.6 is 0 Å². The van der Waals surface area contributed by atoms with Crippen LogP contribution in [-0.2, 0) is 6.42 Å². The highest BCUT2D eigenvalue weighted by Gasteiger charge is 2.14. The molecule has 0 aliphatic heterocycles. The summed E-state index contributed by atoms with van der Waals surface area (Å²) < 4.78 is 1.61. The van der Waals surface area contributed by atoms with Gasteiger partial charge in [0.05, 0.1) is 11.4 Å². The summed E-state index contributed by atoms with van der Waals surface area (Å²) in [5.41, 5.74) is 4.90. The number of rotatable bonds is 4. The highest BCUT2D eigenvalue weighted by Crippen LogP contribution is 2.21. The van der Waals surface area contributed by atoms with Gasteiger partial charge in [0.1, 0.15) is 0 Å². The van der Waals surface area contributed by atoms with Crippen molar-refractivity contribution in [3.63, 3.8) is 0 Å². The lowest BCUT2D eigenvalue weighted by atomic mass is 10.0. The first-order valence-corrected chi connectivity index (χ1v) is 8.58. The van der Waals surface area contributed by atoms with Gasteiger partial charge in [0.15, 0.2) is 0 Å². The van der Waals surface area contributed by atoms with E-state index < -0.39 is 0 Å². The number of hydrogen-bond acceptors (Lipinski definition) is 2. The van der Waals surface area contributed by atoms with Gasteiger partial charge >= 0.3 is 0 Å². The van der Waals surface area contributed by atoms with Gasteiger partial charge < -0.3 is 4.98 Å². The zero-order chi connectivity index (χ0) is 17.4. The topological polar surface area (TPSA) is 50.2 Å². The first-order chi connectivity index (χ1) is 11.4. The molecule has 4 nitrogen and oxygen atoms in total. The van der Waals surface area contributed by atoms with E-state index in [4.69, 9.17) is 0 Å². The van der Waals surface area contributed by atoms with Crippen molar-refractivity contribution in [1.82, 2.24) is 14.4 Å². The molecule has 0 saturated heterocycles. The summed E-state index contributed by atoms with van der Waals surface area (Å²) in [5, 5.41) is 0. The molecule has 1 aromatic carbocycles. The van der Waals surface area contributed by atoms with Crippen LogP contribution in [0, 0.1) is 12.8 Å². The number of aromatic nitrogens is 3. The minimum absolute atomic E-state index is 0.00243. The van der Waals surface area contributed by atoms with E-state index in [1.54, 1.807) is 4.40 Å². The SMILES string of the molecule is Cc1c(C(C)C)nc2[nH]c(-c3ccc(CC(C)C)cc3)cn2c1=O. The Kier molecular flexibility index (Phi) is 4.31. The van der Waals surface area contributed by atoms with E-state index in [1.165, 1.54) is 5.56 Å². The molecule has 2 heterocycles. The molecule has 2 aromatic heterocycles. The van der Waals surface area contributed by atoms with Crippen LogP contribution in [-0.4, -0.2) is 14.4 Å². The fraction of sp³-hybridized carbons (Fsp3) is 0.400. The highest BCUT2D eigenvalue weighted by atomic mass is 16.1. The first-order valence-electron chi connectivity index (χ1n) is 8.58. The van der Waals surface area contributed by atoms with E-state index in [0.29, 0.717) is 11.7 Å². The van der Waals surface area contributed by atoms with E-state index in [0.717, 1.165) is 28.9 Å². The fourth-order valence-electron chi connectivity index (χ4n) is 3.13. The molecule has 0 fully saturated rings. The monoisotopic (exact) mass is 323 g/mol. The second kappa shape index (κ2) is 6.27. The highest BCUT2D eigenvalue weighted by molar-refractivity contribution is 5.62. The van der Waals surface area contributed by atoms with Crippen molar-refractivity contribution in [2.24, 2.45) is 5.92 Å². The predicted molar refractivity (Wildman–Crippen MR) is 98.6 cm³/mol. The number of nitrogens with one attached hydrogen (secondary N) is 1. The normalized spacial score (nSPS) is 11.8. The molecule has 0 aliphatic rings. The molecule has 0 unspecified atom stereocenters. The van der Waals surface area contributed by atoms with Gasteiger partial charge in [0.25, 0.3) is 5.56 Å². The van der Waals surface area contributed by atoms with Gasteiger partial charge in [-0.2, -0.15) is 0 Å². The Bertz CT molecular complexity index is 914. The average Bonchev–Trinajstić information content (AvgIpc) is 2.95. The number of hydrogen-bond donors (Lipinski definition) is 1. The van der Waals surface area contributed by atoms with Crippen LogP contribution in [0.4, 0.5) is 0 Å². The standard InChI is InChI=1S/C20H25N3O/c1-12(2)10-15-6-8-16(9-7-15)17-11-23-19(24)14(5)18(13(3)4)22-20(23)21-17/h6-9,11-13H,10H2,1-5H3,(H,21,22). The van der Waals surface area contributed by atoms with Crippen LogP contribution in [0.2, 0.25) is 0 Å². The lowest BCUT2D eigenvalue weighted by Crippen LogP contribution is -2.19. The molecular weight excluding hydrogens is 298 g/mol. The van der Waals surface area contributed by atoms with Crippen LogP contribution < -0.4 is 5.56 Å². The molecule has 3 aromatic rings. The van der Waals surface area contributed by atoms with Crippen molar-refractivity contribution in [2.45, 2.75) is 47.0 Å². The van der Waals surface area contributed by atoms with Crippen molar-refractivity contribution in [3.8, 4) is 11.3 Å². The van der Waals surface area contributed by atoms with Crippen LogP contribution in [0.25, 0.3) is 17.0 Å². The smallest absolute Gasteiger partial charge is 0.262 e. The molecule has 0 aliphatic carbocycles. The second-order valence-electron chi connectivity index (χ2n) is 7.24. The Labute approximate surface area is 142 Å². The number of imidazole rings is 1. The van der Waals surface area contributed by atoms with Crippen molar-refractivity contribution in [2.75, 3.05) is 0 Å². The molecule has 0 amide bonds. The summed E-state index contributed by atoms with van der Waals surface area (Å²) in [4.78, 5) is 20.5. The number of H-pyrrole nitrogens is 1. The maximum atomic E-state index is 12.6. The number of fused-ring (bicyclic) bond motifs is 1. The molecular formula is C20H25N3O. The third-order valence-corrected chi connectivity index (χ3v) is 4.34. The number of nitrogens with zero attached hydrogens (tertiary/aromatic N) is 2. The Balaban J connectivity index is 2.05. The van der Waals surface area contributed by atoms with E-state index in [1.807, 2.05) is 13.1 Å². The lowest BCUT2D eigenvalue weighted by molar-refractivity contribution is 0.647. The molecule has 0 spiro atoms. The molecule has 0 radical (unpaired) electrons. The van der Waals surface area contributed by atoms with Crippen LogP contribution in [0.5, 0.6) is 0 Å². The largest absolute Gasteiger partial charge is 0.323 e. The Morgan fingerprint density at radius 2 is 1.79 bits per heavy atom. The van der Waals surface area contributed by atoms with E-state index in [2.05, 4.69) is 61.9 Å². The molecule has 24 heavy (non-hydrogen) atoms. The van der Waals surface area contributed by atoms with Gasteiger partial charge in [-0.25, -0.2) is 4.98 Å². The Hall–Kier alpha value is -2.36. The van der Waals surface area contributed by atoms with Gasteiger partial charge in [0.2, 0.25) is 5.78 Å². The van der Waals surface area contributed by atoms with Gasteiger partial charge in [0, 0.05) is 11.8 Å². The van der Waals surface area contributed by atoms with Crippen molar-refractivity contribution in [3.05, 3.63) is 57.6 Å². The molecule has 1 N–H and O–H groups in total. The molecule has 0 saturated carbocycles. The maximum absolute atomic E-state index is 12.6. The van der Waals surface area contributed by atoms with Crippen LogP contribution in [0.1, 0.15) is 50.4 Å². The van der Waals surface area contributed by atoms with E-state index in [-0.39, 0.29) is 11.5 Å². The number of aromatic amines is 1. The van der Waals surface area contributed by atoms with Crippen molar-refractivity contribution >= 4 is 5.78 Å². The van der Waals surface area contributed by atoms with Gasteiger partial charge in [-0.15, -0.1) is 0 Å². The molecule has 0 bridgehead atoms. The molecule has 3 rings (SSSR count). The minimum atomic E-state index is 0.00243.